The molecule has 0 N–H and O–H groups in total. The fourth-order valence-electron chi connectivity index (χ4n) is 2.18. The largest absolute Gasteiger partial charge is 0.401 e. The van der Waals surface area contributed by atoms with Crippen LogP contribution in [0.1, 0.15) is 10.4 Å². The SMILES string of the molecule is O=Cc1ccc(N2CCN(CC(F)(F)F)CC2)cc1. The molecule has 104 valence electrons. The van der Waals surface area contributed by atoms with E-state index in [0.29, 0.717) is 31.7 Å². The zero-order valence-electron chi connectivity index (χ0n) is 10.4. The van der Waals surface area contributed by atoms with E-state index in [1.807, 2.05) is 17.0 Å². The molecule has 3 nitrogen and oxygen atoms in total. The summed E-state index contributed by atoms with van der Waals surface area (Å²) in [6.45, 7) is 1.09. The molecule has 1 aliphatic heterocycles. The molecule has 0 bridgehead atoms. The fraction of sp³-hybridized carbons (Fsp3) is 0.462. The van der Waals surface area contributed by atoms with Gasteiger partial charge in [0.15, 0.2) is 0 Å². The molecule has 1 heterocycles. The van der Waals surface area contributed by atoms with Crippen molar-refractivity contribution < 1.29 is 18.0 Å². The van der Waals surface area contributed by atoms with Crippen LogP contribution in [0.25, 0.3) is 0 Å². The number of anilines is 1. The van der Waals surface area contributed by atoms with Gasteiger partial charge in [0.1, 0.15) is 6.29 Å². The minimum Gasteiger partial charge on any atom is -0.369 e. The first-order valence-electron chi connectivity index (χ1n) is 6.07. The molecule has 1 fully saturated rings. The second-order valence-corrected chi connectivity index (χ2v) is 4.59. The average Bonchev–Trinajstić information content (AvgIpc) is 2.38. The number of carbonyl (C=O) groups is 1. The van der Waals surface area contributed by atoms with Gasteiger partial charge in [0.05, 0.1) is 6.54 Å². The highest BCUT2D eigenvalue weighted by atomic mass is 19.4. The Morgan fingerprint density at radius 3 is 2.11 bits per heavy atom. The summed E-state index contributed by atoms with van der Waals surface area (Å²) in [5, 5.41) is 0. The van der Waals surface area contributed by atoms with Crippen molar-refractivity contribution in [2.45, 2.75) is 6.18 Å². The van der Waals surface area contributed by atoms with Gasteiger partial charge in [-0.3, -0.25) is 9.69 Å². The van der Waals surface area contributed by atoms with E-state index in [0.717, 1.165) is 12.0 Å². The molecule has 0 unspecified atom stereocenters. The average molecular weight is 272 g/mol. The van der Waals surface area contributed by atoms with E-state index in [9.17, 15) is 18.0 Å². The molecule has 1 aromatic carbocycles. The molecule has 2 rings (SSSR count). The lowest BCUT2D eigenvalue weighted by atomic mass is 10.2. The van der Waals surface area contributed by atoms with Gasteiger partial charge >= 0.3 is 6.18 Å². The van der Waals surface area contributed by atoms with E-state index in [4.69, 9.17) is 0 Å². The highest BCUT2D eigenvalue weighted by Crippen LogP contribution is 2.20. The topological polar surface area (TPSA) is 23.6 Å². The standard InChI is InChI=1S/C13H15F3N2O/c14-13(15,16)10-17-5-7-18(8-6-17)12-3-1-11(9-19)2-4-12/h1-4,9H,5-8,10H2. The van der Waals surface area contributed by atoms with Crippen LogP contribution >= 0.6 is 0 Å². The van der Waals surface area contributed by atoms with Crippen molar-refractivity contribution in [2.24, 2.45) is 0 Å². The van der Waals surface area contributed by atoms with Gasteiger partial charge in [-0.25, -0.2) is 0 Å². The molecule has 0 aromatic heterocycles. The van der Waals surface area contributed by atoms with Crippen LogP contribution in [-0.4, -0.2) is 50.1 Å². The van der Waals surface area contributed by atoms with Gasteiger partial charge < -0.3 is 4.90 Å². The van der Waals surface area contributed by atoms with Crippen LogP contribution in [0.15, 0.2) is 24.3 Å². The molecule has 19 heavy (non-hydrogen) atoms. The third kappa shape index (κ3) is 3.96. The Morgan fingerprint density at radius 2 is 1.63 bits per heavy atom. The highest BCUT2D eigenvalue weighted by molar-refractivity contribution is 5.75. The number of nitrogens with zero attached hydrogens (tertiary/aromatic N) is 2. The maximum Gasteiger partial charge on any atom is 0.401 e. The van der Waals surface area contributed by atoms with E-state index in [1.54, 1.807) is 12.1 Å². The Bertz CT molecular complexity index is 423. The summed E-state index contributed by atoms with van der Waals surface area (Å²) in [5.41, 5.74) is 1.54. The monoisotopic (exact) mass is 272 g/mol. The van der Waals surface area contributed by atoms with Crippen LogP contribution in [0.5, 0.6) is 0 Å². The maximum absolute atomic E-state index is 12.3. The number of rotatable bonds is 3. The Kier molecular flexibility index (Phi) is 4.09. The number of benzene rings is 1. The molecule has 0 aliphatic carbocycles. The van der Waals surface area contributed by atoms with Crippen LogP contribution in [0.4, 0.5) is 18.9 Å². The molecule has 1 aromatic rings. The maximum atomic E-state index is 12.3. The molecule has 0 saturated carbocycles. The zero-order chi connectivity index (χ0) is 13.9. The Balaban J connectivity index is 1.90. The molecule has 6 heteroatoms. The molecular weight excluding hydrogens is 257 g/mol. The highest BCUT2D eigenvalue weighted by Gasteiger charge is 2.32. The normalized spacial score (nSPS) is 17.5. The molecule has 1 saturated heterocycles. The first-order chi connectivity index (χ1) is 8.98. The number of alkyl halides is 3. The van der Waals surface area contributed by atoms with E-state index >= 15 is 0 Å². The first-order valence-corrected chi connectivity index (χ1v) is 6.07. The van der Waals surface area contributed by atoms with Crippen molar-refractivity contribution in [1.82, 2.24) is 4.90 Å². The van der Waals surface area contributed by atoms with Crippen LogP contribution in [0.3, 0.4) is 0 Å². The van der Waals surface area contributed by atoms with Crippen LogP contribution < -0.4 is 4.90 Å². The molecule has 0 amide bonds. The van der Waals surface area contributed by atoms with Crippen molar-refractivity contribution >= 4 is 12.0 Å². The van der Waals surface area contributed by atoms with E-state index in [-0.39, 0.29) is 0 Å². The lowest BCUT2D eigenvalue weighted by molar-refractivity contribution is -0.146. The molecule has 1 aliphatic rings. The summed E-state index contributed by atoms with van der Waals surface area (Å²) in [4.78, 5) is 14.0. The predicted molar refractivity (Wildman–Crippen MR) is 66.5 cm³/mol. The van der Waals surface area contributed by atoms with Crippen molar-refractivity contribution in [2.75, 3.05) is 37.6 Å². The number of hydrogen-bond donors (Lipinski definition) is 0. The van der Waals surface area contributed by atoms with Gasteiger partial charge in [-0.1, -0.05) is 0 Å². The van der Waals surface area contributed by atoms with Gasteiger partial charge in [0.25, 0.3) is 0 Å². The minimum absolute atomic E-state index is 0.398. The van der Waals surface area contributed by atoms with Crippen LogP contribution in [0, 0.1) is 0 Å². The third-order valence-corrected chi connectivity index (χ3v) is 3.17. The van der Waals surface area contributed by atoms with Gasteiger partial charge in [0.2, 0.25) is 0 Å². The van der Waals surface area contributed by atoms with E-state index in [2.05, 4.69) is 0 Å². The number of piperazine rings is 1. The lowest BCUT2D eigenvalue weighted by Gasteiger charge is -2.36. The number of carbonyl (C=O) groups excluding carboxylic acids is 1. The lowest BCUT2D eigenvalue weighted by Crippen LogP contribution is -2.49. The molecular formula is C13H15F3N2O. The van der Waals surface area contributed by atoms with Gasteiger partial charge in [0, 0.05) is 37.4 Å². The minimum atomic E-state index is -4.13. The summed E-state index contributed by atoms with van der Waals surface area (Å²) in [6, 6.07) is 7.07. The Hall–Kier alpha value is -1.56. The Labute approximate surface area is 109 Å². The van der Waals surface area contributed by atoms with E-state index in [1.165, 1.54) is 4.90 Å². The van der Waals surface area contributed by atoms with Crippen molar-refractivity contribution in [1.29, 1.82) is 0 Å². The van der Waals surface area contributed by atoms with Crippen LogP contribution in [0.2, 0.25) is 0 Å². The summed E-state index contributed by atoms with van der Waals surface area (Å²) in [7, 11) is 0. The van der Waals surface area contributed by atoms with Gasteiger partial charge in [-0.2, -0.15) is 13.2 Å². The van der Waals surface area contributed by atoms with Crippen molar-refractivity contribution in [3.05, 3.63) is 29.8 Å². The molecule has 0 spiro atoms. The second kappa shape index (κ2) is 5.61. The zero-order valence-corrected chi connectivity index (χ0v) is 10.4. The summed E-state index contributed by atoms with van der Waals surface area (Å²) >= 11 is 0. The first kappa shape index (κ1) is 13.9. The number of hydrogen-bond acceptors (Lipinski definition) is 3. The summed E-state index contributed by atoms with van der Waals surface area (Å²) in [6.07, 6.45) is -3.36. The number of aldehydes is 1. The van der Waals surface area contributed by atoms with Crippen molar-refractivity contribution in [3.63, 3.8) is 0 Å². The number of halogens is 3. The predicted octanol–water partition coefficient (Wildman–Crippen LogP) is 2.18. The Morgan fingerprint density at radius 1 is 1.05 bits per heavy atom. The molecule has 0 radical (unpaired) electrons. The van der Waals surface area contributed by atoms with Crippen molar-refractivity contribution in [3.8, 4) is 0 Å². The smallest absolute Gasteiger partial charge is 0.369 e. The van der Waals surface area contributed by atoms with Gasteiger partial charge in [-0.15, -0.1) is 0 Å². The summed E-state index contributed by atoms with van der Waals surface area (Å²) in [5.74, 6) is 0. The van der Waals surface area contributed by atoms with E-state index < -0.39 is 12.7 Å². The second-order valence-electron chi connectivity index (χ2n) is 4.59. The molecule has 0 atom stereocenters. The summed E-state index contributed by atoms with van der Waals surface area (Å²) < 4.78 is 36.8. The fourth-order valence-corrected chi connectivity index (χ4v) is 2.18. The van der Waals surface area contributed by atoms with Gasteiger partial charge in [-0.05, 0) is 24.3 Å². The third-order valence-electron chi connectivity index (χ3n) is 3.17. The van der Waals surface area contributed by atoms with Crippen LogP contribution in [-0.2, 0) is 0 Å². The quantitative estimate of drug-likeness (QED) is 0.788.